The van der Waals surface area contributed by atoms with Crippen molar-refractivity contribution in [3.05, 3.63) is 78.5 Å². The zero-order chi connectivity index (χ0) is 30.4. The molecule has 10 heteroatoms. The van der Waals surface area contributed by atoms with Crippen LogP contribution in [0.4, 0.5) is 4.79 Å². The molecule has 1 aromatic carbocycles. The second-order valence-corrected chi connectivity index (χ2v) is 12.3. The number of imidazole rings is 1. The highest BCUT2D eigenvalue weighted by Gasteiger charge is 2.54. The molecule has 3 rings (SSSR count). The van der Waals surface area contributed by atoms with Crippen molar-refractivity contribution in [2.45, 2.75) is 72.4 Å². The van der Waals surface area contributed by atoms with E-state index in [2.05, 4.69) is 9.97 Å². The van der Waals surface area contributed by atoms with Gasteiger partial charge in [-0.05, 0) is 44.9 Å². The summed E-state index contributed by atoms with van der Waals surface area (Å²) < 4.78 is 4.95. The van der Waals surface area contributed by atoms with E-state index in [4.69, 9.17) is 4.74 Å². The standard InChI is InChI=1S/C31H40N4O6/c1-30(2,3)26(36)18-23(17-22-13-9-7-10-14-22)27(37)34(25(28(38)39)19-24-20-32-21-33-24)35(15-11-8-12-16-35)29(40)41-31(4,5)6/h7-15,20-21,23,25H,16-19H2,1-6H3,(H-,32,33,38,39)/p+1/t23?,25-,35-/m0/s1. The summed E-state index contributed by atoms with van der Waals surface area (Å²) in [6.07, 6.45) is 8.51. The van der Waals surface area contributed by atoms with Crippen molar-refractivity contribution in [3.63, 3.8) is 0 Å². The number of quaternary nitrogens is 1. The molecule has 10 nitrogen and oxygen atoms in total. The van der Waals surface area contributed by atoms with E-state index in [0.717, 1.165) is 10.6 Å². The molecular weight excluding hydrogens is 524 g/mol. The molecule has 3 atom stereocenters. The Labute approximate surface area is 241 Å². The number of aromatic amines is 1. The molecule has 1 aromatic heterocycles. The Bertz CT molecular complexity index is 1290. The van der Waals surface area contributed by atoms with Crippen LogP contribution < -0.4 is 0 Å². The van der Waals surface area contributed by atoms with Crippen molar-refractivity contribution >= 4 is 23.8 Å². The number of allylic oxidation sites excluding steroid dienone is 2. The minimum atomic E-state index is -1.50. The predicted molar refractivity (Wildman–Crippen MR) is 153 cm³/mol. The summed E-state index contributed by atoms with van der Waals surface area (Å²) >= 11 is 0. The first-order chi connectivity index (χ1) is 19.1. The molecule has 1 aliphatic rings. The summed E-state index contributed by atoms with van der Waals surface area (Å²) in [6.45, 7) is 10.4. The van der Waals surface area contributed by atoms with Crippen molar-refractivity contribution in [3.8, 4) is 0 Å². The summed E-state index contributed by atoms with van der Waals surface area (Å²) in [5.74, 6) is -3.04. The molecule has 0 radical (unpaired) electrons. The Hall–Kier alpha value is -4.05. The zero-order valence-corrected chi connectivity index (χ0v) is 24.7. The van der Waals surface area contributed by atoms with E-state index >= 15 is 0 Å². The maximum Gasteiger partial charge on any atom is 0.547 e. The third-order valence-electron chi connectivity index (χ3n) is 6.76. The number of aliphatic carboxylic acids is 1. The van der Waals surface area contributed by atoms with Crippen LogP contribution in [-0.4, -0.2) is 66.6 Å². The fourth-order valence-corrected chi connectivity index (χ4v) is 4.60. The van der Waals surface area contributed by atoms with E-state index in [0.29, 0.717) is 5.69 Å². The summed E-state index contributed by atoms with van der Waals surface area (Å²) in [5, 5.41) is 11.6. The van der Waals surface area contributed by atoms with Gasteiger partial charge in [0.05, 0.1) is 17.9 Å². The third-order valence-corrected chi connectivity index (χ3v) is 6.76. The number of H-pyrrole nitrogens is 1. The fraction of sp³-hybridized carbons (Fsp3) is 0.452. The van der Waals surface area contributed by atoms with Crippen LogP contribution >= 0.6 is 0 Å². The lowest BCUT2D eigenvalue weighted by Crippen LogP contribution is -2.69. The first kappa shape index (κ1) is 31.5. The number of ether oxygens (including phenoxy) is 1. The van der Waals surface area contributed by atoms with Gasteiger partial charge in [0.1, 0.15) is 24.1 Å². The number of carbonyl (C=O) groups excluding carboxylic acids is 3. The smallest absolute Gasteiger partial charge is 0.480 e. The quantitative estimate of drug-likeness (QED) is 0.416. The molecule has 2 aromatic rings. The van der Waals surface area contributed by atoms with Gasteiger partial charge >= 0.3 is 12.1 Å². The van der Waals surface area contributed by atoms with Gasteiger partial charge in [0.25, 0.3) is 5.91 Å². The van der Waals surface area contributed by atoms with Gasteiger partial charge in [-0.3, -0.25) is 9.59 Å². The Morgan fingerprint density at radius 1 is 1.05 bits per heavy atom. The van der Waals surface area contributed by atoms with E-state index in [9.17, 15) is 24.3 Å². The van der Waals surface area contributed by atoms with Gasteiger partial charge in [-0.2, -0.15) is 9.80 Å². The van der Waals surface area contributed by atoms with Gasteiger partial charge in [0.2, 0.25) is 0 Å². The SMILES string of the molecule is CC(C)(C)OC(=O)[N@+]1(N(C(=O)C(CC(=O)C(C)(C)C)Cc2ccccc2)[C@@H](Cc2c[nH]cn2)C(=O)O)C=CC=CC1. The number of amides is 2. The molecule has 220 valence electrons. The second-order valence-electron chi connectivity index (χ2n) is 12.3. The molecule has 1 aliphatic heterocycles. The molecular formula is C31H41N4O6+. The van der Waals surface area contributed by atoms with Gasteiger partial charge in [0, 0.05) is 24.5 Å². The highest BCUT2D eigenvalue weighted by molar-refractivity contribution is 5.91. The number of benzene rings is 1. The van der Waals surface area contributed by atoms with Gasteiger partial charge in [0.15, 0.2) is 6.04 Å². The number of hydrogen-bond acceptors (Lipinski definition) is 6. The average Bonchev–Trinajstić information content (AvgIpc) is 3.40. The van der Waals surface area contributed by atoms with Gasteiger partial charge in [-0.1, -0.05) is 61.8 Å². The summed E-state index contributed by atoms with van der Waals surface area (Å²) in [4.78, 5) is 61.9. The second kappa shape index (κ2) is 12.6. The number of rotatable bonds is 9. The molecule has 0 saturated heterocycles. The molecule has 1 unspecified atom stereocenters. The lowest BCUT2D eigenvalue weighted by Gasteiger charge is -2.44. The van der Waals surface area contributed by atoms with Crippen LogP contribution in [0.25, 0.3) is 0 Å². The maximum absolute atomic E-state index is 14.8. The highest BCUT2D eigenvalue weighted by Crippen LogP contribution is 2.32. The van der Waals surface area contributed by atoms with E-state index < -0.39 is 45.5 Å². The molecule has 0 bridgehead atoms. The molecule has 2 N–H and O–H groups in total. The van der Waals surface area contributed by atoms with Crippen LogP contribution in [0, 0.1) is 11.3 Å². The first-order valence-electron chi connectivity index (χ1n) is 13.7. The van der Waals surface area contributed by atoms with Crippen LogP contribution in [0.2, 0.25) is 0 Å². The predicted octanol–water partition coefficient (Wildman–Crippen LogP) is 4.85. The number of carboxylic acid groups (broad SMARTS) is 1. The Kier molecular flexibility index (Phi) is 9.70. The molecule has 2 amide bonds. The Balaban J connectivity index is 2.21. The minimum absolute atomic E-state index is 0.0488. The molecule has 2 heterocycles. The van der Waals surface area contributed by atoms with Crippen molar-refractivity contribution in [1.82, 2.24) is 15.0 Å². The summed E-state index contributed by atoms with van der Waals surface area (Å²) in [5.41, 5.74) is -0.436. The molecule has 0 aliphatic carbocycles. The van der Waals surface area contributed by atoms with Crippen molar-refractivity contribution in [2.75, 3.05) is 6.54 Å². The van der Waals surface area contributed by atoms with Crippen molar-refractivity contribution in [2.24, 2.45) is 11.3 Å². The number of carboxylic acids is 1. The van der Waals surface area contributed by atoms with Gasteiger partial charge < -0.3 is 14.8 Å². The van der Waals surface area contributed by atoms with Gasteiger partial charge in [-0.25, -0.2) is 9.78 Å². The zero-order valence-electron chi connectivity index (χ0n) is 24.7. The van der Waals surface area contributed by atoms with Crippen LogP contribution in [0.5, 0.6) is 0 Å². The maximum atomic E-state index is 14.8. The fourth-order valence-electron chi connectivity index (χ4n) is 4.60. The molecule has 0 spiro atoms. The molecule has 0 fully saturated rings. The van der Waals surface area contributed by atoms with Crippen molar-refractivity contribution in [1.29, 1.82) is 0 Å². The number of ketones is 1. The number of aromatic nitrogens is 2. The van der Waals surface area contributed by atoms with Crippen LogP contribution in [0.15, 0.2) is 67.3 Å². The van der Waals surface area contributed by atoms with E-state index in [1.165, 1.54) is 12.5 Å². The Morgan fingerprint density at radius 2 is 1.73 bits per heavy atom. The number of carbonyl (C=O) groups is 4. The van der Waals surface area contributed by atoms with Crippen LogP contribution in [0.1, 0.15) is 59.2 Å². The Morgan fingerprint density at radius 3 is 2.24 bits per heavy atom. The number of nitrogens with one attached hydrogen (secondary N) is 1. The minimum Gasteiger partial charge on any atom is -0.480 e. The lowest BCUT2D eigenvalue weighted by molar-refractivity contribution is -0.913. The average molecular weight is 566 g/mol. The van der Waals surface area contributed by atoms with E-state index in [1.54, 1.807) is 66.0 Å². The van der Waals surface area contributed by atoms with E-state index in [1.807, 2.05) is 30.3 Å². The number of Topliss-reactive ketones (excluding diaryl/α,β-unsaturated/α-hetero) is 1. The third kappa shape index (κ3) is 8.00. The molecule has 0 saturated carbocycles. The van der Waals surface area contributed by atoms with E-state index in [-0.39, 0.29) is 31.6 Å². The lowest BCUT2D eigenvalue weighted by atomic mass is 9.82. The van der Waals surface area contributed by atoms with Gasteiger partial charge in [-0.15, -0.1) is 0 Å². The topological polar surface area (TPSA) is 130 Å². The first-order valence-corrected chi connectivity index (χ1v) is 13.7. The van der Waals surface area contributed by atoms with Crippen molar-refractivity contribution < 1.29 is 33.6 Å². The summed E-state index contributed by atoms with van der Waals surface area (Å²) in [6, 6.07) is 7.73. The van der Waals surface area contributed by atoms with Crippen LogP contribution in [0.3, 0.4) is 0 Å². The monoisotopic (exact) mass is 565 g/mol. The summed E-state index contributed by atoms with van der Waals surface area (Å²) in [7, 11) is 0. The number of hydrogen-bond donors (Lipinski definition) is 2. The van der Waals surface area contributed by atoms with Crippen LogP contribution in [-0.2, 0) is 32.0 Å². The normalized spacial score (nSPS) is 18.4. The highest BCUT2D eigenvalue weighted by atomic mass is 16.6. The largest absolute Gasteiger partial charge is 0.547 e. The molecule has 41 heavy (non-hydrogen) atoms. The number of nitrogens with zero attached hydrogens (tertiary/aromatic N) is 3.